The van der Waals surface area contributed by atoms with Crippen LogP contribution in [0.25, 0.3) is 0 Å². The van der Waals surface area contributed by atoms with Crippen molar-refractivity contribution in [2.75, 3.05) is 6.79 Å². The van der Waals surface area contributed by atoms with E-state index in [9.17, 15) is 14.3 Å². The highest BCUT2D eigenvalue weighted by molar-refractivity contribution is 6.25. The van der Waals surface area contributed by atoms with Gasteiger partial charge >= 0.3 is 0 Å². The Labute approximate surface area is 186 Å². The smallest absolute Gasteiger partial charge is 0.253 e. The van der Waals surface area contributed by atoms with Gasteiger partial charge in [-0.05, 0) is 25.3 Å². The molecule has 10 heteroatoms. The quantitative estimate of drug-likeness (QED) is 0.110. The van der Waals surface area contributed by atoms with E-state index in [1.807, 2.05) is 0 Å². The molecule has 0 bridgehead atoms. The Morgan fingerprint density at radius 2 is 2.17 bits per heavy atom. The van der Waals surface area contributed by atoms with Gasteiger partial charge in [-0.1, -0.05) is 43.0 Å². The average Bonchev–Trinajstić information content (AvgIpc) is 2.70. The second-order valence-corrected chi connectivity index (χ2v) is 7.74. The van der Waals surface area contributed by atoms with Crippen molar-refractivity contribution in [3.63, 3.8) is 0 Å². The zero-order valence-corrected chi connectivity index (χ0v) is 18.5. The third-order valence-electron chi connectivity index (χ3n) is 4.41. The van der Waals surface area contributed by atoms with Gasteiger partial charge in [0.2, 0.25) is 0 Å². The molecule has 1 saturated carbocycles. The molecule has 30 heavy (non-hydrogen) atoms. The predicted molar refractivity (Wildman–Crippen MR) is 116 cm³/mol. The van der Waals surface area contributed by atoms with Gasteiger partial charge in [0, 0.05) is 30.1 Å². The van der Waals surface area contributed by atoms with Gasteiger partial charge in [-0.25, -0.2) is 4.39 Å². The number of hydrogen-bond donors (Lipinski definition) is 4. The number of carbonyl (C=O) groups excluding carboxylic acids is 1. The van der Waals surface area contributed by atoms with E-state index in [1.54, 1.807) is 6.92 Å². The highest BCUT2D eigenvalue weighted by atomic mass is 35.5. The Bertz CT molecular complexity index is 633. The second kappa shape index (κ2) is 14.6. The summed E-state index contributed by atoms with van der Waals surface area (Å²) in [5.41, 5.74) is 7.32. The Balaban J connectivity index is 2.23. The van der Waals surface area contributed by atoms with E-state index in [0.717, 1.165) is 0 Å². The monoisotopic (exact) mass is 465 g/mol. The van der Waals surface area contributed by atoms with Crippen molar-refractivity contribution in [2.45, 2.75) is 62.4 Å². The fourth-order valence-electron chi connectivity index (χ4n) is 2.83. The molecular formula is C20H30Cl2FN3O4. The van der Waals surface area contributed by atoms with Crippen molar-refractivity contribution in [2.24, 2.45) is 0 Å². The number of alkyl halides is 2. The van der Waals surface area contributed by atoms with Crippen molar-refractivity contribution in [3.05, 3.63) is 48.2 Å². The van der Waals surface area contributed by atoms with Gasteiger partial charge in [-0.3, -0.25) is 9.63 Å². The van der Waals surface area contributed by atoms with Crippen LogP contribution in [0, 0.1) is 0 Å². The van der Waals surface area contributed by atoms with E-state index in [-0.39, 0.29) is 25.4 Å². The third-order valence-corrected chi connectivity index (χ3v) is 5.05. The molecule has 0 heterocycles. The lowest BCUT2D eigenvalue weighted by Gasteiger charge is -2.28. The van der Waals surface area contributed by atoms with E-state index >= 15 is 0 Å². The van der Waals surface area contributed by atoms with Crippen LogP contribution in [0.1, 0.15) is 32.6 Å². The maximum absolute atomic E-state index is 13.5. The summed E-state index contributed by atoms with van der Waals surface area (Å²) in [5, 5.41) is 12.3. The number of halogens is 3. The molecule has 4 N–H and O–H groups in total. The summed E-state index contributed by atoms with van der Waals surface area (Å²) in [6.45, 7) is 9.07. The molecule has 0 aromatic carbocycles. The second-order valence-electron chi connectivity index (χ2n) is 6.93. The topological polar surface area (TPSA) is 91.9 Å². The lowest BCUT2D eigenvalue weighted by Crippen LogP contribution is -2.42. The van der Waals surface area contributed by atoms with Crippen LogP contribution in [0.15, 0.2) is 48.2 Å². The Hall–Kier alpha value is -1.42. The molecule has 0 saturated heterocycles. The molecule has 5 unspecified atom stereocenters. The number of aliphatic hydroxyl groups excluding tert-OH is 1. The minimum absolute atomic E-state index is 0.0729. The summed E-state index contributed by atoms with van der Waals surface area (Å²) in [6.07, 6.45) is 3.58. The Morgan fingerprint density at radius 1 is 1.43 bits per heavy atom. The van der Waals surface area contributed by atoms with Crippen LogP contribution in [0.3, 0.4) is 0 Å². The highest BCUT2D eigenvalue weighted by Gasteiger charge is 2.29. The van der Waals surface area contributed by atoms with Gasteiger partial charge in [0.15, 0.2) is 12.9 Å². The number of ether oxygens (including phenoxy) is 1. The predicted octanol–water partition coefficient (Wildman–Crippen LogP) is 3.12. The first kappa shape index (κ1) is 26.6. The third kappa shape index (κ3) is 10.1. The summed E-state index contributed by atoms with van der Waals surface area (Å²) in [7, 11) is 0. The number of carbonyl (C=O) groups is 1. The highest BCUT2D eigenvalue weighted by Crippen LogP contribution is 2.27. The zero-order chi connectivity index (χ0) is 22.5. The summed E-state index contributed by atoms with van der Waals surface area (Å²) in [6, 6.07) is -0.313. The first-order valence-electron chi connectivity index (χ1n) is 9.56. The molecule has 0 radical (unpaired) electrons. The van der Waals surface area contributed by atoms with Gasteiger partial charge in [-0.2, -0.15) is 0 Å². The van der Waals surface area contributed by atoms with E-state index < -0.39 is 23.6 Å². The van der Waals surface area contributed by atoms with Crippen LogP contribution in [-0.4, -0.2) is 47.6 Å². The first-order chi connectivity index (χ1) is 14.3. The lowest BCUT2D eigenvalue weighted by atomic mass is 9.95. The van der Waals surface area contributed by atoms with Crippen molar-refractivity contribution in [1.82, 2.24) is 16.3 Å². The molecule has 170 valence electrons. The van der Waals surface area contributed by atoms with Gasteiger partial charge in [0.1, 0.15) is 6.17 Å². The molecule has 7 nitrogen and oxygen atoms in total. The SMILES string of the molecule is C=C/C(=C\C=C\Cl)C(O)C(=O)NC(C)CC(=C)NNOCOC1CCC(Cl)C(F)C1. The minimum Gasteiger partial charge on any atom is -0.378 e. The molecule has 1 aliphatic carbocycles. The number of hydrogen-bond acceptors (Lipinski definition) is 6. The maximum Gasteiger partial charge on any atom is 0.253 e. The van der Waals surface area contributed by atoms with Crippen molar-refractivity contribution in [1.29, 1.82) is 0 Å². The molecule has 1 amide bonds. The van der Waals surface area contributed by atoms with E-state index in [2.05, 4.69) is 29.5 Å². The molecule has 1 rings (SSSR count). The first-order valence-corrected chi connectivity index (χ1v) is 10.4. The van der Waals surface area contributed by atoms with Crippen molar-refractivity contribution < 1.29 is 23.9 Å². The van der Waals surface area contributed by atoms with Crippen LogP contribution in [0.5, 0.6) is 0 Å². The Morgan fingerprint density at radius 3 is 2.80 bits per heavy atom. The number of amides is 1. The summed E-state index contributed by atoms with van der Waals surface area (Å²) >= 11 is 11.3. The van der Waals surface area contributed by atoms with Crippen LogP contribution >= 0.6 is 23.2 Å². The number of aliphatic hydroxyl groups is 1. The molecule has 0 aromatic rings. The number of rotatable bonds is 13. The van der Waals surface area contributed by atoms with E-state index in [4.69, 9.17) is 32.8 Å². The molecule has 1 aliphatic rings. The van der Waals surface area contributed by atoms with Crippen LogP contribution < -0.4 is 16.3 Å². The van der Waals surface area contributed by atoms with Gasteiger partial charge in [0.25, 0.3) is 5.91 Å². The number of allylic oxidation sites excluding steroid dienone is 2. The molecule has 0 spiro atoms. The van der Waals surface area contributed by atoms with Crippen LogP contribution in [-0.2, 0) is 14.4 Å². The lowest BCUT2D eigenvalue weighted by molar-refractivity contribution is -0.145. The molecule has 1 fully saturated rings. The fourth-order valence-corrected chi connectivity index (χ4v) is 3.13. The number of hydrazine groups is 1. The van der Waals surface area contributed by atoms with E-state index in [0.29, 0.717) is 30.5 Å². The molecule has 0 aromatic heterocycles. The molecule has 0 aliphatic heterocycles. The van der Waals surface area contributed by atoms with Crippen molar-refractivity contribution >= 4 is 29.1 Å². The maximum atomic E-state index is 13.5. The zero-order valence-electron chi connectivity index (χ0n) is 17.0. The van der Waals surface area contributed by atoms with Gasteiger partial charge < -0.3 is 20.6 Å². The largest absolute Gasteiger partial charge is 0.378 e. The van der Waals surface area contributed by atoms with Crippen molar-refractivity contribution in [3.8, 4) is 0 Å². The van der Waals surface area contributed by atoms with Gasteiger partial charge in [-0.15, -0.1) is 17.2 Å². The summed E-state index contributed by atoms with van der Waals surface area (Å²) in [4.78, 5) is 17.2. The van der Waals surface area contributed by atoms with Crippen LogP contribution in [0.4, 0.5) is 4.39 Å². The number of nitrogens with one attached hydrogen (secondary N) is 3. The normalized spacial score (nSPS) is 24.3. The van der Waals surface area contributed by atoms with Crippen LogP contribution in [0.2, 0.25) is 0 Å². The Kier molecular flexibility index (Phi) is 12.9. The molecular weight excluding hydrogens is 436 g/mol. The summed E-state index contributed by atoms with van der Waals surface area (Å²) in [5.74, 6) is -0.570. The molecule has 5 atom stereocenters. The average molecular weight is 466 g/mol. The minimum atomic E-state index is -1.37. The summed E-state index contributed by atoms with van der Waals surface area (Å²) < 4.78 is 19.0. The fraction of sp³-hybridized carbons (Fsp3) is 0.550. The van der Waals surface area contributed by atoms with Gasteiger partial charge in [0.05, 0.1) is 11.5 Å². The van der Waals surface area contributed by atoms with E-state index in [1.165, 1.54) is 23.8 Å². The standard InChI is InChI=1S/C20H30Cl2FN3O4/c1-4-15(6-5-9-21)19(27)20(28)24-13(2)10-14(3)25-26-30-12-29-16-7-8-17(22)18(23)11-16/h4-6,9,13,16-19,25-27H,1,3,7-8,10-12H2,2H3,(H,24,28)/b9-5+,15-6+.